The third kappa shape index (κ3) is 1.94. The van der Waals surface area contributed by atoms with Crippen LogP contribution in [0.1, 0.15) is 5.56 Å². The van der Waals surface area contributed by atoms with Crippen molar-refractivity contribution in [2.24, 2.45) is 0 Å². The molecule has 0 saturated heterocycles. The van der Waals surface area contributed by atoms with Gasteiger partial charge < -0.3 is 4.42 Å². The smallest absolute Gasteiger partial charge is 0.416 e. The van der Waals surface area contributed by atoms with Gasteiger partial charge in [0.1, 0.15) is 5.69 Å². The quantitative estimate of drug-likeness (QED) is 0.753. The van der Waals surface area contributed by atoms with Gasteiger partial charge in [-0.25, -0.2) is 0 Å². The Hall–Kier alpha value is -2.09. The molecule has 0 aliphatic rings. The second-order valence-electron chi connectivity index (χ2n) is 3.17. The molecule has 8 heteroatoms. The Balaban J connectivity index is 2.86. The van der Waals surface area contributed by atoms with Gasteiger partial charge in [0.2, 0.25) is 0 Å². The minimum Gasteiger partial charge on any atom is -0.443 e. The lowest BCUT2D eigenvalue weighted by atomic mass is 10.1. The average Bonchev–Trinajstić information content (AvgIpc) is 2.27. The van der Waals surface area contributed by atoms with Gasteiger partial charge in [-0.15, -0.1) is 0 Å². The number of nitrogens with zero attached hydrogens (tertiary/aromatic N) is 1. The van der Waals surface area contributed by atoms with E-state index in [1.54, 1.807) is 5.48 Å². The van der Waals surface area contributed by atoms with Crippen LogP contribution >= 0.6 is 0 Å². The van der Waals surface area contributed by atoms with Crippen molar-refractivity contribution in [2.45, 2.75) is 6.18 Å². The van der Waals surface area contributed by atoms with E-state index in [-0.39, 0.29) is 16.7 Å². The van der Waals surface area contributed by atoms with E-state index in [2.05, 4.69) is 4.98 Å². The first-order valence-corrected chi connectivity index (χ1v) is 4.32. The molecule has 2 N–H and O–H groups in total. The molecule has 2 rings (SSSR count). The topological polar surface area (TPSA) is 75.4 Å². The summed E-state index contributed by atoms with van der Waals surface area (Å²) < 4.78 is 42.3. The molecule has 1 heterocycles. The van der Waals surface area contributed by atoms with Gasteiger partial charge in [-0.05, 0) is 12.1 Å². The SMILES string of the molecule is O=c1ncoc2c(NO)cc(C(F)(F)F)cc12. The lowest BCUT2D eigenvalue weighted by Gasteiger charge is -2.09. The number of alkyl halides is 3. The highest BCUT2D eigenvalue weighted by molar-refractivity contribution is 5.88. The number of anilines is 1. The maximum atomic E-state index is 12.5. The van der Waals surface area contributed by atoms with Crippen molar-refractivity contribution in [1.82, 2.24) is 4.98 Å². The summed E-state index contributed by atoms with van der Waals surface area (Å²) in [6.45, 7) is 0. The molecular formula is C9H5F3N2O3. The molecule has 5 nitrogen and oxygen atoms in total. The fraction of sp³-hybridized carbons (Fsp3) is 0.111. The van der Waals surface area contributed by atoms with E-state index in [4.69, 9.17) is 9.62 Å². The van der Waals surface area contributed by atoms with E-state index >= 15 is 0 Å². The van der Waals surface area contributed by atoms with Crippen molar-refractivity contribution >= 4 is 16.7 Å². The van der Waals surface area contributed by atoms with Gasteiger partial charge in [0, 0.05) is 0 Å². The summed E-state index contributed by atoms with van der Waals surface area (Å²) >= 11 is 0. The van der Waals surface area contributed by atoms with Gasteiger partial charge in [0.05, 0.1) is 10.9 Å². The lowest BCUT2D eigenvalue weighted by Crippen LogP contribution is -2.10. The average molecular weight is 246 g/mol. The van der Waals surface area contributed by atoms with Crippen LogP contribution < -0.4 is 11.0 Å². The number of halogens is 3. The summed E-state index contributed by atoms with van der Waals surface area (Å²) in [5, 5.41) is 8.35. The van der Waals surface area contributed by atoms with E-state index in [1.165, 1.54) is 0 Å². The minimum atomic E-state index is -4.64. The van der Waals surface area contributed by atoms with E-state index in [0.717, 1.165) is 6.39 Å². The number of fused-ring (bicyclic) bond motifs is 1. The molecule has 1 aromatic carbocycles. The van der Waals surface area contributed by atoms with Crippen LogP contribution in [0.4, 0.5) is 18.9 Å². The first-order valence-electron chi connectivity index (χ1n) is 4.32. The molecule has 0 spiro atoms. The minimum absolute atomic E-state index is 0.194. The molecule has 0 radical (unpaired) electrons. The Morgan fingerprint density at radius 3 is 2.65 bits per heavy atom. The van der Waals surface area contributed by atoms with Gasteiger partial charge in [-0.1, -0.05) is 0 Å². The van der Waals surface area contributed by atoms with Crippen molar-refractivity contribution < 1.29 is 22.8 Å². The number of benzene rings is 1. The zero-order chi connectivity index (χ0) is 12.6. The third-order valence-corrected chi connectivity index (χ3v) is 2.11. The summed E-state index contributed by atoms with van der Waals surface area (Å²) in [6.07, 6.45) is -3.85. The molecule has 90 valence electrons. The van der Waals surface area contributed by atoms with Gasteiger partial charge in [0.25, 0.3) is 5.56 Å². The third-order valence-electron chi connectivity index (χ3n) is 2.11. The first-order chi connectivity index (χ1) is 7.93. The summed E-state index contributed by atoms with van der Waals surface area (Å²) in [7, 11) is 0. The lowest BCUT2D eigenvalue weighted by molar-refractivity contribution is -0.137. The molecule has 1 aromatic heterocycles. The highest BCUT2D eigenvalue weighted by Gasteiger charge is 2.32. The second kappa shape index (κ2) is 3.74. The largest absolute Gasteiger partial charge is 0.443 e. The Kier molecular flexibility index (Phi) is 2.50. The Labute approximate surface area is 91.5 Å². The van der Waals surface area contributed by atoms with Crippen LogP contribution in [0.15, 0.2) is 27.7 Å². The molecular weight excluding hydrogens is 241 g/mol. The highest BCUT2D eigenvalue weighted by atomic mass is 19.4. The van der Waals surface area contributed by atoms with E-state index < -0.39 is 17.3 Å². The van der Waals surface area contributed by atoms with E-state index in [1.807, 2.05) is 0 Å². The molecule has 0 aliphatic carbocycles. The van der Waals surface area contributed by atoms with Crippen molar-refractivity contribution in [3.05, 3.63) is 34.4 Å². The molecule has 2 aromatic rings. The van der Waals surface area contributed by atoms with Crippen molar-refractivity contribution in [3.63, 3.8) is 0 Å². The number of rotatable bonds is 1. The van der Waals surface area contributed by atoms with Gasteiger partial charge in [-0.2, -0.15) is 18.2 Å². The molecule has 17 heavy (non-hydrogen) atoms. The maximum Gasteiger partial charge on any atom is 0.416 e. The predicted molar refractivity (Wildman–Crippen MR) is 50.7 cm³/mol. The standard InChI is InChI=1S/C9H5F3N2O3/c10-9(11,12)4-1-5-7(6(2-4)14-16)17-3-13-8(5)15/h1-3,14,16H. The molecule has 0 aliphatic heterocycles. The molecule has 0 amide bonds. The number of hydrogen-bond donors (Lipinski definition) is 2. The molecule has 0 unspecified atom stereocenters. The number of nitrogens with one attached hydrogen (secondary N) is 1. The van der Waals surface area contributed by atoms with Crippen molar-refractivity contribution in [3.8, 4) is 0 Å². The monoisotopic (exact) mass is 246 g/mol. The normalized spacial score (nSPS) is 11.8. The molecule has 0 fully saturated rings. The maximum absolute atomic E-state index is 12.5. The van der Waals surface area contributed by atoms with Crippen LogP contribution in [0.5, 0.6) is 0 Å². The van der Waals surface area contributed by atoms with E-state index in [0.29, 0.717) is 12.1 Å². The van der Waals surface area contributed by atoms with Crippen LogP contribution in [0.25, 0.3) is 11.0 Å². The first kappa shape index (κ1) is 11.4. The van der Waals surface area contributed by atoms with Crippen LogP contribution in [-0.4, -0.2) is 10.2 Å². The number of hydrogen-bond acceptors (Lipinski definition) is 5. The van der Waals surface area contributed by atoms with E-state index in [9.17, 15) is 18.0 Å². The molecule has 0 saturated carbocycles. The molecule has 0 atom stereocenters. The summed E-state index contributed by atoms with van der Waals surface area (Å²) in [5.74, 6) is 0. The Morgan fingerprint density at radius 2 is 2.06 bits per heavy atom. The fourth-order valence-electron chi connectivity index (χ4n) is 1.36. The van der Waals surface area contributed by atoms with Gasteiger partial charge in [-0.3, -0.25) is 15.5 Å². The number of aromatic nitrogens is 1. The van der Waals surface area contributed by atoms with Crippen molar-refractivity contribution in [2.75, 3.05) is 5.48 Å². The predicted octanol–water partition coefficient (Wildman–Crippen LogP) is 2.01. The van der Waals surface area contributed by atoms with Crippen LogP contribution in [0.2, 0.25) is 0 Å². The Bertz CT molecular complexity index is 621. The zero-order valence-corrected chi connectivity index (χ0v) is 8.08. The zero-order valence-electron chi connectivity index (χ0n) is 8.08. The summed E-state index contributed by atoms with van der Waals surface area (Å²) in [6, 6.07) is 1.25. The van der Waals surface area contributed by atoms with Crippen LogP contribution in [-0.2, 0) is 6.18 Å². The summed E-state index contributed by atoms with van der Waals surface area (Å²) in [4.78, 5) is 14.5. The second-order valence-corrected chi connectivity index (χ2v) is 3.17. The van der Waals surface area contributed by atoms with Crippen molar-refractivity contribution in [1.29, 1.82) is 0 Å². The summed E-state index contributed by atoms with van der Waals surface area (Å²) in [5.41, 5.74) is -0.946. The van der Waals surface area contributed by atoms with Gasteiger partial charge >= 0.3 is 6.18 Å². The highest BCUT2D eigenvalue weighted by Crippen LogP contribution is 2.34. The van der Waals surface area contributed by atoms with Crippen LogP contribution in [0.3, 0.4) is 0 Å². The van der Waals surface area contributed by atoms with Crippen LogP contribution in [0, 0.1) is 0 Å². The fourth-order valence-corrected chi connectivity index (χ4v) is 1.36. The molecule has 0 bridgehead atoms. The van der Waals surface area contributed by atoms with Gasteiger partial charge in [0.15, 0.2) is 12.0 Å². The Morgan fingerprint density at radius 1 is 1.35 bits per heavy atom.